The lowest BCUT2D eigenvalue weighted by Crippen LogP contribution is -2.14. The van der Waals surface area contributed by atoms with Gasteiger partial charge in [-0.25, -0.2) is 0 Å². The van der Waals surface area contributed by atoms with Crippen molar-refractivity contribution >= 4 is 0 Å². The molecule has 0 fully saturated rings. The molecule has 1 atom stereocenters. The highest BCUT2D eigenvalue weighted by Crippen LogP contribution is 2.12. The molecule has 0 unspecified atom stereocenters. The van der Waals surface area contributed by atoms with Crippen LogP contribution in [0.3, 0.4) is 0 Å². The van der Waals surface area contributed by atoms with Crippen LogP contribution in [0.15, 0.2) is 48.9 Å². The summed E-state index contributed by atoms with van der Waals surface area (Å²) in [5.74, 6) is 0. The summed E-state index contributed by atoms with van der Waals surface area (Å²) in [5.41, 5.74) is 8.10. The average molecular weight is 199 g/mol. The molecule has 0 radical (unpaired) electrons. The molecule has 0 amide bonds. The van der Waals surface area contributed by atoms with Crippen molar-refractivity contribution in [1.29, 1.82) is 0 Å². The standard InChI is InChI=1S/C12H13N3/c13-12(10-4-3-6-14-9-10)8-11-5-1-2-7-15-11/h1-7,9,12H,8,13H2/t12-/m0/s1. The Hall–Kier alpha value is -1.74. The van der Waals surface area contributed by atoms with Gasteiger partial charge in [-0.15, -0.1) is 0 Å². The normalized spacial score (nSPS) is 12.3. The van der Waals surface area contributed by atoms with Crippen molar-refractivity contribution in [2.45, 2.75) is 12.5 Å². The molecule has 15 heavy (non-hydrogen) atoms. The van der Waals surface area contributed by atoms with Gasteiger partial charge in [-0.1, -0.05) is 12.1 Å². The number of hydrogen-bond acceptors (Lipinski definition) is 3. The molecule has 2 aromatic heterocycles. The number of hydrogen-bond donors (Lipinski definition) is 1. The molecule has 0 saturated heterocycles. The maximum absolute atomic E-state index is 6.05. The SMILES string of the molecule is N[C@@H](Cc1ccccn1)c1cccnc1. The van der Waals surface area contributed by atoms with Gasteiger partial charge >= 0.3 is 0 Å². The highest BCUT2D eigenvalue weighted by atomic mass is 14.7. The van der Waals surface area contributed by atoms with Crippen LogP contribution < -0.4 is 5.73 Å². The number of aromatic nitrogens is 2. The number of nitrogens with zero attached hydrogens (tertiary/aromatic N) is 2. The van der Waals surface area contributed by atoms with Gasteiger partial charge in [-0.3, -0.25) is 9.97 Å². The first-order valence-corrected chi connectivity index (χ1v) is 4.91. The second-order valence-corrected chi connectivity index (χ2v) is 3.42. The Balaban J connectivity index is 2.08. The second kappa shape index (κ2) is 4.66. The Morgan fingerprint density at radius 1 is 1.13 bits per heavy atom. The van der Waals surface area contributed by atoms with Crippen molar-refractivity contribution in [3.63, 3.8) is 0 Å². The van der Waals surface area contributed by atoms with Gasteiger partial charge in [-0.2, -0.15) is 0 Å². The Kier molecular flexibility index (Phi) is 3.05. The summed E-state index contributed by atoms with van der Waals surface area (Å²) in [5, 5.41) is 0. The van der Waals surface area contributed by atoms with Crippen molar-refractivity contribution in [3.05, 3.63) is 60.2 Å². The zero-order valence-corrected chi connectivity index (χ0v) is 8.38. The minimum absolute atomic E-state index is 0.0337. The Morgan fingerprint density at radius 2 is 2.07 bits per heavy atom. The molecule has 0 bridgehead atoms. The van der Waals surface area contributed by atoms with E-state index in [2.05, 4.69) is 9.97 Å². The van der Waals surface area contributed by atoms with Crippen molar-refractivity contribution in [1.82, 2.24) is 9.97 Å². The van der Waals surface area contributed by atoms with E-state index in [9.17, 15) is 0 Å². The molecule has 3 nitrogen and oxygen atoms in total. The van der Waals surface area contributed by atoms with E-state index in [0.717, 1.165) is 17.7 Å². The summed E-state index contributed by atoms with van der Waals surface area (Å²) in [7, 11) is 0. The van der Waals surface area contributed by atoms with Gasteiger partial charge in [0.1, 0.15) is 0 Å². The first-order chi connectivity index (χ1) is 7.36. The topological polar surface area (TPSA) is 51.8 Å². The summed E-state index contributed by atoms with van der Waals surface area (Å²) in [6.45, 7) is 0. The van der Waals surface area contributed by atoms with Crippen LogP contribution >= 0.6 is 0 Å². The van der Waals surface area contributed by atoms with E-state index in [0.29, 0.717) is 0 Å². The number of rotatable bonds is 3. The third-order valence-electron chi connectivity index (χ3n) is 2.27. The van der Waals surface area contributed by atoms with Crippen LogP contribution in [-0.2, 0) is 6.42 Å². The van der Waals surface area contributed by atoms with Gasteiger partial charge in [-0.05, 0) is 23.8 Å². The van der Waals surface area contributed by atoms with E-state index < -0.39 is 0 Å². The minimum Gasteiger partial charge on any atom is -0.324 e. The van der Waals surface area contributed by atoms with E-state index >= 15 is 0 Å². The monoisotopic (exact) mass is 199 g/mol. The van der Waals surface area contributed by atoms with Gasteiger partial charge in [0.2, 0.25) is 0 Å². The molecule has 2 heterocycles. The summed E-state index contributed by atoms with van der Waals surface area (Å²) < 4.78 is 0. The highest BCUT2D eigenvalue weighted by molar-refractivity contribution is 5.16. The van der Waals surface area contributed by atoms with Gasteiger partial charge in [0.25, 0.3) is 0 Å². The van der Waals surface area contributed by atoms with Gasteiger partial charge in [0, 0.05) is 36.7 Å². The summed E-state index contributed by atoms with van der Waals surface area (Å²) in [6, 6.07) is 9.70. The predicted octanol–water partition coefficient (Wildman–Crippen LogP) is 1.72. The fourth-order valence-corrected chi connectivity index (χ4v) is 1.46. The Morgan fingerprint density at radius 3 is 2.73 bits per heavy atom. The molecule has 2 aromatic rings. The summed E-state index contributed by atoms with van der Waals surface area (Å²) >= 11 is 0. The highest BCUT2D eigenvalue weighted by Gasteiger charge is 2.06. The summed E-state index contributed by atoms with van der Waals surface area (Å²) in [4.78, 5) is 8.29. The maximum Gasteiger partial charge on any atom is 0.0422 e. The lowest BCUT2D eigenvalue weighted by molar-refractivity contribution is 0.703. The molecule has 0 aliphatic carbocycles. The number of nitrogens with two attached hydrogens (primary N) is 1. The lowest BCUT2D eigenvalue weighted by atomic mass is 10.0. The molecule has 2 N–H and O–H groups in total. The molecular weight excluding hydrogens is 186 g/mol. The summed E-state index contributed by atoms with van der Waals surface area (Å²) in [6.07, 6.45) is 6.07. The van der Waals surface area contributed by atoms with E-state index in [1.54, 1.807) is 18.6 Å². The molecule has 0 aliphatic rings. The quantitative estimate of drug-likeness (QED) is 0.818. The maximum atomic E-state index is 6.05. The molecule has 3 heteroatoms. The van der Waals surface area contributed by atoms with Crippen molar-refractivity contribution < 1.29 is 0 Å². The Bertz CT molecular complexity index is 400. The molecule has 0 spiro atoms. The van der Waals surface area contributed by atoms with Gasteiger partial charge < -0.3 is 5.73 Å². The molecule has 0 aromatic carbocycles. The number of pyridine rings is 2. The Labute approximate surface area is 89.0 Å². The molecule has 2 rings (SSSR count). The van der Waals surface area contributed by atoms with Crippen LogP contribution in [-0.4, -0.2) is 9.97 Å². The fourth-order valence-electron chi connectivity index (χ4n) is 1.46. The smallest absolute Gasteiger partial charge is 0.0422 e. The van der Waals surface area contributed by atoms with Crippen LogP contribution in [0.5, 0.6) is 0 Å². The van der Waals surface area contributed by atoms with E-state index in [1.807, 2.05) is 30.3 Å². The van der Waals surface area contributed by atoms with Gasteiger partial charge in [0.05, 0.1) is 0 Å². The van der Waals surface area contributed by atoms with Crippen LogP contribution in [0.25, 0.3) is 0 Å². The van der Waals surface area contributed by atoms with Crippen molar-refractivity contribution in [3.8, 4) is 0 Å². The zero-order chi connectivity index (χ0) is 10.5. The van der Waals surface area contributed by atoms with E-state index in [-0.39, 0.29) is 6.04 Å². The van der Waals surface area contributed by atoms with Crippen LogP contribution in [0.1, 0.15) is 17.3 Å². The van der Waals surface area contributed by atoms with Crippen LogP contribution in [0.2, 0.25) is 0 Å². The molecule has 0 saturated carbocycles. The first-order valence-electron chi connectivity index (χ1n) is 4.91. The van der Waals surface area contributed by atoms with Crippen LogP contribution in [0.4, 0.5) is 0 Å². The average Bonchev–Trinajstić information content (AvgIpc) is 2.31. The third-order valence-corrected chi connectivity index (χ3v) is 2.27. The van der Waals surface area contributed by atoms with E-state index in [4.69, 9.17) is 5.73 Å². The fraction of sp³-hybridized carbons (Fsp3) is 0.167. The van der Waals surface area contributed by atoms with E-state index in [1.165, 1.54) is 0 Å². The molecular formula is C12H13N3. The van der Waals surface area contributed by atoms with Gasteiger partial charge in [0.15, 0.2) is 0 Å². The predicted molar refractivity (Wildman–Crippen MR) is 59.1 cm³/mol. The molecule has 76 valence electrons. The first kappa shape index (κ1) is 9.80. The minimum atomic E-state index is -0.0337. The zero-order valence-electron chi connectivity index (χ0n) is 8.38. The third kappa shape index (κ3) is 2.60. The van der Waals surface area contributed by atoms with Crippen molar-refractivity contribution in [2.24, 2.45) is 5.73 Å². The molecule has 0 aliphatic heterocycles. The van der Waals surface area contributed by atoms with Crippen molar-refractivity contribution in [2.75, 3.05) is 0 Å². The van der Waals surface area contributed by atoms with Crippen LogP contribution in [0, 0.1) is 0 Å². The second-order valence-electron chi connectivity index (χ2n) is 3.42. The lowest BCUT2D eigenvalue weighted by Gasteiger charge is -2.10. The largest absolute Gasteiger partial charge is 0.324 e.